The van der Waals surface area contributed by atoms with Crippen LogP contribution in [0.25, 0.3) is 16.8 Å². The summed E-state index contributed by atoms with van der Waals surface area (Å²) in [6.45, 7) is 4.44. The Kier molecular flexibility index (Phi) is 4.23. The summed E-state index contributed by atoms with van der Waals surface area (Å²) in [5.74, 6) is 0.264. The molecule has 1 aromatic carbocycles. The van der Waals surface area contributed by atoms with Crippen molar-refractivity contribution >= 4 is 5.52 Å². The number of halogens is 1. The van der Waals surface area contributed by atoms with Crippen molar-refractivity contribution in [2.45, 2.75) is 39.0 Å². The normalized spacial score (nSPS) is 12.7. The van der Waals surface area contributed by atoms with Gasteiger partial charge >= 0.3 is 0 Å². The molecule has 2 aromatic heterocycles. The van der Waals surface area contributed by atoms with Gasteiger partial charge in [-0.2, -0.15) is 5.10 Å². The van der Waals surface area contributed by atoms with Gasteiger partial charge in [0.05, 0.1) is 11.2 Å². The van der Waals surface area contributed by atoms with Crippen LogP contribution in [0.2, 0.25) is 0 Å². The molecule has 22 heavy (non-hydrogen) atoms. The first kappa shape index (κ1) is 14.8. The Bertz CT molecular complexity index is 759. The van der Waals surface area contributed by atoms with Gasteiger partial charge in [-0.05, 0) is 55.2 Å². The largest absolute Gasteiger partial charge is 0.240 e. The number of nitrogens with zero attached hydrogens (tertiary/aromatic N) is 2. The predicted octanol–water partition coefficient (Wildman–Crippen LogP) is 5.43. The second-order valence-electron chi connectivity index (χ2n) is 5.69. The fraction of sp³-hybridized carbons (Fsp3) is 0.316. The molecule has 0 aliphatic rings. The van der Waals surface area contributed by atoms with E-state index >= 15 is 0 Å². The minimum atomic E-state index is -0.213. The van der Waals surface area contributed by atoms with Gasteiger partial charge in [-0.1, -0.05) is 26.3 Å². The quantitative estimate of drug-likeness (QED) is 0.613. The first-order valence-corrected chi connectivity index (χ1v) is 7.97. The van der Waals surface area contributed by atoms with Crippen LogP contribution in [0.3, 0.4) is 0 Å². The molecule has 2 heterocycles. The van der Waals surface area contributed by atoms with Crippen molar-refractivity contribution in [3.63, 3.8) is 0 Å². The summed E-state index contributed by atoms with van der Waals surface area (Å²) in [7, 11) is 0. The summed E-state index contributed by atoms with van der Waals surface area (Å²) in [5, 5.41) is 4.76. The van der Waals surface area contributed by atoms with E-state index in [2.05, 4.69) is 19.9 Å². The van der Waals surface area contributed by atoms with Crippen LogP contribution in [-0.2, 0) is 0 Å². The molecule has 0 radical (unpaired) electrons. The zero-order chi connectivity index (χ0) is 15.5. The zero-order valence-electron chi connectivity index (χ0n) is 13.1. The average Bonchev–Trinajstić information content (AvgIpc) is 2.92. The number of hydrogen-bond donors (Lipinski definition) is 0. The maximum atomic E-state index is 13.2. The molecule has 0 aliphatic heterocycles. The van der Waals surface area contributed by atoms with Crippen LogP contribution in [0.4, 0.5) is 4.39 Å². The summed E-state index contributed by atoms with van der Waals surface area (Å²) >= 11 is 0. The molecule has 1 atom stereocenters. The topological polar surface area (TPSA) is 17.3 Å². The SMILES string of the molecule is CCCC(CC)c1c(-c2ccc(F)cc2)nn2ccccc12. The lowest BCUT2D eigenvalue weighted by molar-refractivity contribution is 0.600. The van der Waals surface area contributed by atoms with Crippen molar-refractivity contribution < 1.29 is 4.39 Å². The van der Waals surface area contributed by atoms with E-state index in [1.807, 2.05) is 35.0 Å². The minimum Gasteiger partial charge on any atom is -0.240 e. The van der Waals surface area contributed by atoms with Crippen molar-refractivity contribution in [1.82, 2.24) is 9.61 Å². The van der Waals surface area contributed by atoms with Gasteiger partial charge in [-0.3, -0.25) is 0 Å². The highest BCUT2D eigenvalue weighted by Crippen LogP contribution is 2.36. The molecule has 3 rings (SSSR count). The lowest BCUT2D eigenvalue weighted by Gasteiger charge is -2.15. The molecule has 1 unspecified atom stereocenters. The molecule has 0 saturated carbocycles. The second-order valence-corrected chi connectivity index (χ2v) is 5.69. The Morgan fingerprint density at radius 3 is 2.55 bits per heavy atom. The van der Waals surface area contributed by atoms with Gasteiger partial charge in [0, 0.05) is 17.3 Å². The molecule has 0 saturated heterocycles. The van der Waals surface area contributed by atoms with E-state index < -0.39 is 0 Å². The summed E-state index contributed by atoms with van der Waals surface area (Å²) in [5.41, 5.74) is 4.40. The molecule has 2 nitrogen and oxygen atoms in total. The molecule has 114 valence electrons. The van der Waals surface area contributed by atoms with Crippen molar-refractivity contribution in [3.05, 3.63) is 60.0 Å². The van der Waals surface area contributed by atoms with Gasteiger partial charge in [-0.15, -0.1) is 0 Å². The van der Waals surface area contributed by atoms with Gasteiger partial charge < -0.3 is 0 Å². The second kappa shape index (κ2) is 6.30. The maximum Gasteiger partial charge on any atom is 0.123 e. The van der Waals surface area contributed by atoms with E-state index in [1.165, 1.54) is 17.7 Å². The third-order valence-corrected chi connectivity index (χ3v) is 4.23. The fourth-order valence-corrected chi connectivity index (χ4v) is 3.14. The zero-order valence-corrected chi connectivity index (χ0v) is 13.1. The molecule has 0 fully saturated rings. The number of pyridine rings is 1. The number of aromatic nitrogens is 2. The molecule has 0 bridgehead atoms. The molecule has 0 spiro atoms. The van der Waals surface area contributed by atoms with Crippen LogP contribution in [0.5, 0.6) is 0 Å². The van der Waals surface area contributed by atoms with Crippen LogP contribution in [0, 0.1) is 5.82 Å². The van der Waals surface area contributed by atoms with E-state index in [4.69, 9.17) is 5.10 Å². The van der Waals surface area contributed by atoms with Crippen LogP contribution >= 0.6 is 0 Å². The fourth-order valence-electron chi connectivity index (χ4n) is 3.14. The summed E-state index contributed by atoms with van der Waals surface area (Å²) < 4.78 is 15.2. The highest BCUT2D eigenvalue weighted by Gasteiger charge is 2.21. The van der Waals surface area contributed by atoms with E-state index in [1.54, 1.807) is 0 Å². The smallest absolute Gasteiger partial charge is 0.123 e. The minimum absolute atomic E-state index is 0.213. The van der Waals surface area contributed by atoms with Gasteiger partial charge in [-0.25, -0.2) is 8.91 Å². The van der Waals surface area contributed by atoms with Gasteiger partial charge in [0.15, 0.2) is 0 Å². The Balaban J connectivity index is 2.22. The number of benzene rings is 1. The third-order valence-electron chi connectivity index (χ3n) is 4.23. The molecule has 3 aromatic rings. The van der Waals surface area contributed by atoms with Crippen molar-refractivity contribution in [2.75, 3.05) is 0 Å². The number of hydrogen-bond acceptors (Lipinski definition) is 1. The summed E-state index contributed by atoms with van der Waals surface area (Å²) in [6, 6.07) is 12.8. The van der Waals surface area contributed by atoms with Crippen LogP contribution < -0.4 is 0 Å². The maximum absolute atomic E-state index is 13.2. The van der Waals surface area contributed by atoms with E-state index in [-0.39, 0.29) is 5.82 Å². The molecular weight excluding hydrogens is 275 g/mol. The van der Waals surface area contributed by atoms with Crippen molar-refractivity contribution in [1.29, 1.82) is 0 Å². The van der Waals surface area contributed by atoms with E-state index in [0.717, 1.165) is 36.0 Å². The lowest BCUT2D eigenvalue weighted by atomic mass is 9.89. The monoisotopic (exact) mass is 296 g/mol. The van der Waals surface area contributed by atoms with E-state index in [9.17, 15) is 4.39 Å². The van der Waals surface area contributed by atoms with Crippen molar-refractivity contribution in [3.8, 4) is 11.3 Å². The summed E-state index contributed by atoms with van der Waals surface area (Å²) in [6.07, 6.45) is 5.34. The highest BCUT2D eigenvalue weighted by molar-refractivity contribution is 5.73. The van der Waals surface area contributed by atoms with Gasteiger partial charge in [0.2, 0.25) is 0 Å². The van der Waals surface area contributed by atoms with Crippen LogP contribution in [0.1, 0.15) is 44.6 Å². The Hall–Kier alpha value is -2.16. The lowest BCUT2D eigenvalue weighted by Crippen LogP contribution is -1.98. The molecule has 3 heteroatoms. The number of fused-ring (bicyclic) bond motifs is 1. The third kappa shape index (κ3) is 2.63. The highest BCUT2D eigenvalue weighted by atomic mass is 19.1. The average molecular weight is 296 g/mol. The Morgan fingerprint density at radius 2 is 1.86 bits per heavy atom. The summed E-state index contributed by atoms with van der Waals surface area (Å²) in [4.78, 5) is 0. The van der Waals surface area contributed by atoms with Crippen LogP contribution in [-0.4, -0.2) is 9.61 Å². The first-order chi connectivity index (χ1) is 10.7. The predicted molar refractivity (Wildman–Crippen MR) is 88.5 cm³/mol. The Morgan fingerprint density at radius 1 is 1.09 bits per heavy atom. The molecule has 0 aliphatic carbocycles. The molecule has 0 amide bonds. The van der Waals surface area contributed by atoms with Crippen LogP contribution in [0.15, 0.2) is 48.7 Å². The first-order valence-electron chi connectivity index (χ1n) is 7.97. The molecule has 0 N–H and O–H groups in total. The Labute approximate surface area is 130 Å². The van der Waals surface area contributed by atoms with Gasteiger partial charge in [0.25, 0.3) is 0 Å². The van der Waals surface area contributed by atoms with Crippen molar-refractivity contribution in [2.24, 2.45) is 0 Å². The standard InChI is InChI=1S/C19H21FN2/c1-3-7-14(4-2)18-17-8-5-6-13-22(17)21-19(18)15-9-11-16(20)12-10-15/h5-6,8-14H,3-4,7H2,1-2H3. The van der Waals surface area contributed by atoms with Gasteiger partial charge in [0.1, 0.15) is 5.82 Å². The molecular formula is C19H21FN2. The van der Waals surface area contributed by atoms with E-state index in [0.29, 0.717) is 5.92 Å². The number of rotatable bonds is 5.